The highest BCUT2D eigenvalue weighted by molar-refractivity contribution is 5.81. The average Bonchev–Trinajstić information content (AvgIpc) is 2.84. The van der Waals surface area contributed by atoms with Crippen LogP contribution in [0.5, 0.6) is 0 Å². The van der Waals surface area contributed by atoms with Crippen LogP contribution in [-0.2, 0) is 24.8 Å². The summed E-state index contributed by atoms with van der Waals surface area (Å²) in [6, 6.07) is 9.28. The van der Waals surface area contributed by atoms with Gasteiger partial charge in [0.05, 0.1) is 12.6 Å². The summed E-state index contributed by atoms with van der Waals surface area (Å²) < 4.78 is 1.90. The summed E-state index contributed by atoms with van der Waals surface area (Å²) in [6.45, 7) is 0.463. The standard InChI is InChI=1S/C15H20N4O/c1-18-9-8-17-14(18)11-19(2)15(20)13(16)10-12-6-4-3-5-7-12/h3-9,13H,10-11,16H2,1-2H3/t13-/m1/s1. The monoisotopic (exact) mass is 272 g/mol. The van der Waals surface area contributed by atoms with Gasteiger partial charge in [0.25, 0.3) is 0 Å². The molecule has 1 heterocycles. The van der Waals surface area contributed by atoms with E-state index in [9.17, 15) is 4.79 Å². The fourth-order valence-electron chi connectivity index (χ4n) is 2.08. The van der Waals surface area contributed by atoms with E-state index in [0.29, 0.717) is 13.0 Å². The molecular weight excluding hydrogens is 252 g/mol. The second-order valence-electron chi connectivity index (χ2n) is 4.94. The summed E-state index contributed by atoms with van der Waals surface area (Å²) in [4.78, 5) is 18.1. The quantitative estimate of drug-likeness (QED) is 0.881. The first-order valence-corrected chi connectivity index (χ1v) is 6.58. The first-order chi connectivity index (χ1) is 9.58. The summed E-state index contributed by atoms with van der Waals surface area (Å²) in [6.07, 6.45) is 4.12. The first-order valence-electron chi connectivity index (χ1n) is 6.58. The predicted molar refractivity (Wildman–Crippen MR) is 77.8 cm³/mol. The maximum absolute atomic E-state index is 12.2. The Bertz CT molecular complexity index is 564. The van der Waals surface area contributed by atoms with Crippen molar-refractivity contribution in [3.63, 3.8) is 0 Å². The lowest BCUT2D eigenvalue weighted by Crippen LogP contribution is -2.43. The number of benzene rings is 1. The van der Waals surface area contributed by atoms with Crippen LogP contribution >= 0.6 is 0 Å². The van der Waals surface area contributed by atoms with E-state index in [-0.39, 0.29) is 5.91 Å². The molecule has 5 nitrogen and oxygen atoms in total. The van der Waals surface area contributed by atoms with Gasteiger partial charge in [-0.2, -0.15) is 0 Å². The van der Waals surface area contributed by atoms with E-state index in [4.69, 9.17) is 5.73 Å². The molecule has 0 spiro atoms. The number of hydrogen-bond donors (Lipinski definition) is 1. The Morgan fingerprint density at radius 3 is 2.70 bits per heavy atom. The van der Waals surface area contributed by atoms with E-state index >= 15 is 0 Å². The molecule has 0 saturated carbocycles. The van der Waals surface area contributed by atoms with Crippen LogP contribution in [0.25, 0.3) is 0 Å². The van der Waals surface area contributed by atoms with E-state index in [1.54, 1.807) is 18.1 Å². The molecule has 2 aromatic rings. The number of carbonyl (C=O) groups excluding carboxylic acids is 1. The zero-order chi connectivity index (χ0) is 14.5. The van der Waals surface area contributed by atoms with Crippen LogP contribution in [0.2, 0.25) is 0 Å². The number of aromatic nitrogens is 2. The fraction of sp³-hybridized carbons (Fsp3) is 0.333. The molecule has 0 aliphatic carbocycles. The third-order valence-corrected chi connectivity index (χ3v) is 3.29. The van der Waals surface area contributed by atoms with Crippen LogP contribution in [0.15, 0.2) is 42.7 Å². The SMILES string of the molecule is CN(Cc1nccn1C)C(=O)[C@H](N)Cc1ccccc1. The van der Waals surface area contributed by atoms with Gasteiger partial charge >= 0.3 is 0 Å². The molecule has 0 aliphatic rings. The molecule has 2 N–H and O–H groups in total. The summed E-state index contributed by atoms with van der Waals surface area (Å²) in [5.41, 5.74) is 7.07. The van der Waals surface area contributed by atoms with Gasteiger partial charge in [0.2, 0.25) is 5.91 Å². The Labute approximate surface area is 119 Å². The van der Waals surface area contributed by atoms with Crippen LogP contribution in [0, 0.1) is 0 Å². The first kappa shape index (κ1) is 14.3. The molecule has 1 aromatic carbocycles. The zero-order valence-electron chi connectivity index (χ0n) is 11.9. The minimum Gasteiger partial charge on any atom is -0.337 e. The van der Waals surface area contributed by atoms with Crippen molar-refractivity contribution in [3.8, 4) is 0 Å². The average molecular weight is 272 g/mol. The van der Waals surface area contributed by atoms with E-state index in [1.807, 2.05) is 48.1 Å². The molecule has 5 heteroatoms. The Kier molecular flexibility index (Phi) is 4.53. The van der Waals surface area contributed by atoms with Crippen molar-refractivity contribution in [2.24, 2.45) is 12.8 Å². The van der Waals surface area contributed by atoms with Gasteiger partial charge < -0.3 is 15.2 Å². The lowest BCUT2D eigenvalue weighted by molar-refractivity contribution is -0.131. The summed E-state index contributed by atoms with van der Waals surface area (Å²) in [7, 11) is 3.66. The van der Waals surface area contributed by atoms with Crippen molar-refractivity contribution in [2.75, 3.05) is 7.05 Å². The fourth-order valence-corrected chi connectivity index (χ4v) is 2.08. The maximum atomic E-state index is 12.2. The molecule has 106 valence electrons. The highest BCUT2D eigenvalue weighted by atomic mass is 16.2. The third kappa shape index (κ3) is 3.45. The van der Waals surface area contributed by atoms with Gasteiger partial charge in [-0.3, -0.25) is 4.79 Å². The van der Waals surface area contributed by atoms with Gasteiger partial charge in [-0.25, -0.2) is 4.98 Å². The molecule has 20 heavy (non-hydrogen) atoms. The van der Waals surface area contributed by atoms with E-state index in [2.05, 4.69) is 4.98 Å². The molecule has 0 unspecified atom stereocenters. The number of aryl methyl sites for hydroxylation is 1. The largest absolute Gasteiger partial charge is 0.337 e. The number of carbonyl (C=O) groups is 1. The predicted octanol–water partition coefficient (Wildman–Crippen LogP) is 0.949. The number of nitrogens with two attached hydrogens (primary N) is 1. The van der Waals surface area contributed by atoms with Gasteiger partial charge in [0.15, 0.2) is 0 Å². The number of nitrogens with zero attached hydrogens (tertiary/aromatic N) is 3. The molecule has 1 amide bonds. The molecule has 2 rings (SSSR count). The summed E-state index contributed by atoms with van der Waals surface area (Å²) >= 11 is 0. The van der Waals surface area contributed by atoms with Gasteiger partial charge in [-0.05, 0) is 12.0 Å². The second-order valence-corrected chi connectivity index (χ2v) is 4.94. The van der Waals surface area contributed by atoms with Crippen LogP contribution in [0.3, 0.4) is 0 Å². The number of hydrogen-bond acceptors (Lipinski definition) is 3. The van der Waals surface area contributed by atoms with E-state index in [1.165, 1.54) is 0 Å². The number of likely N-dealkylation sites (N-methyl/N-ethyl adjacent to an activating group) is 1. The number of rotatable bonds is 5. The van der Waals surface area contributed by atoms with Crippen molar-refractivity contribution < 1.29 is 4.79 Å². The summed E-state index contributed by atoms with van der Waals surface area (Å²) in [5.74, 6) is 0.768. The highest BCUT2D eigenvalue weighted by Gasteiger charge is 2.19. The van der Waals surface area contributed by atoms with Gasteiger partial charge in [0, 0.05) is 26.5 Å². The second kappa shape index (κ2) is 6.34. The Morgan fingerprint density at radius 1 is 1.40 bits per heavy atom. The van der Waals surface area contributed by atoms with Crippen LogP contribution in [0.1, 0.15) is 11.4 Å². The normalized spacial score (nSPS) is 12.2. The van der Waals surface area contributed by atoms with Gasteiger partial charge in [0.1, 0.15) is 5.82 Å². The lowest BCUT2D eigenvalue weighted by Gasteiger charge is -2.21. The molecular formula is C15H20N4O. The van der Waals surface area contributed by atoms with Crippen molar-refractivity contribution in [3.05, 3.63) is 54.1 Å². The Hall–Kier alpha value is -2.14. The topological polar surface area (TPSA) is 64.2 Å². The Morgan fingerprint density at radius 2 is 2.10 bits per heavy atom. The minimum atomic E-state index is -0.525. The van der Waals surface area contributed by atoms with Crippen molar-refractivity contribution in [1.82, 2.24) is 14.5 Å². The molecule has 1 aromatic heterocycles. The molecule has 0 fully saturated rings. The van der Waals surface area contributed by atoms with Crippen LogP contribution in [0.4, 0.5) is 0 Å². The van der Waals surface area contributed by atoms with Crippen molar-refractivity contribution in [1.29, 1.82) is 0 Å². The summed E-state index contributed by atoms with van der Waals surface area (Å²) in [5, 5.41) is 0. The van der Waals surface area contributed by atoms with Crippen molar-refractivity contribution >= 4 is 5.91 Å². The zero-order valence-corrected chi connectivity index (χ0v) is 11.9. The van der Waals surface area contributed by atoms with E-state index < -0.39 is 6.04 Å². The highest BCUT2D eigenvalue weighted by Crippen LogP contribution is 2.06. The molecule has 0 aliphatic heterocycles. The van der Waals surface area contributed by atoms with Crippen molar-refractivity contribution in [2.45, 2.75) is 19.0 Å². The molecule has 1 atom stereocenters. The molecule has 0 saturated heterocycles. The minimum absolute atomic E-state index is 0.0724. The van der Waals surface area contributed by atoms with Gasteiger partial charge in [-0.1, -0.05) is 30.3 Å². The third-order valence-electron chi connectivity index (χ3n) is 3.29. The number of amides is 1. The van der Waals surface area contributed by atoms with E-state index in [0.717, 1.165) is 11.4 Å². The Balaban J connectivity index is 1.94. The maximum Gasteiger partial charge on any atom is 0.239 e. The number of imidazole rings is 1. The molecule has 0 bridgehead atoms. The van der Waals surface area contributed by atoms with Crippen LogP contribution in [-0.4, -0.2) is 33.4 Å². The van der Waals surface area contributed by atoms with Gasteiger partial charge in [-0.15, -0.1) is 0 Å². The van der Waals surface area contributed by atoms with Crippen LogP contribution < -0.4 is 5.73 Å². The smallest absolute Gasteiger partial charge is 0.239 e. The molecule has 0 radical (unpaired) electrons. The lowest BCUT2D eigenvalue weighted by atomic mass is 10.1.